The second-order valence-electron chi connectivity index (χ2n) is 6.00. The molecule has 1 rings (SSSR count). The molecule has 30 heavy (non-hydrogen) atoms. The molecule has 0 aromatic carbocycles. The van der Waals surface area contributed by atoms with Gasteiger partial charge in [-0.3, -0.25) is 5.41 Å². The largest absolute Gasteiger partial charge is 0.463 e. The molecule has 170 valence electrons. The van der Waals surface area contributed by atoms with E-state index in [-0.39, 0.29) is 26.4 Å². The Balaban J connectivity index is 3.26. The summed E-state index contributed by atoms with van der Waals surface area (Å²) >= 11 is 0. The van der Waals surface area contributed by atoms with E-state index in [2.05, 4.69) is 10.1 Å². The van der Waals surface area contributed by atoms with Gasteiger partial charge in [-0.05, 0) is 39.8 Å². The molecule has 0 spiro atoms. The standard InChI is InChI=1S/C18H29N3O9/c1-4-27-14(23)12-13(15(24)28-5-2)30-21(17(25)26-3)16(19)18(29-11-10-22)6-8-20-9-7-18/h12,19-20,22H,4-11H2,1-3H3. The molecule has 0 saturated carbocycles. The summed E-state index contributed by atoms with van der Waals surface area (Å²) in [6, 6.07) is 0. The van der Waals surface area contributed by atoms with Crippen LogP contribution in [0, 0.1) is 5.41 Å². The lowest BCUT2D eigenvalue weighted by molar-refractivity contribution is -0.152. The molecule has 1 saturated heterocycles. The molecule has 0 atom stereocenters. The van der Waals surface area contributed by atoms with Crippen LogP contribution in [0.5, 0.6) is 0 Å². The maximum Gasteiger partial charge on any atom is 0.449 e. The summed E-state index contributed by atoms with van der Waals surface area (Å²) in [6.07, 6.45) is 0.177. The fraction of sp³-hybridized carbons (Fsp3) is 0.667. The van der Waals surface area contributed by atoms with E-state index in [1.807, 2.05) is 0 Å². The van der Waals surface area contributed by atoms with Crippen LogP contribution in [0.25, 0.3) is 0 Å². The van der Waals surface area contributed by atoms with E-state index in [0.29, 0.717) is 37.1 Å². The molecule has 1 heterocycles. The quantitative estimate of drug-likeness (QED) is 0.0824. The van der Waals surface area contributed by atoms with E-state index < -0.39 is 35.2 Å². The third-order valence-corrected chi connectivity index (χ3v) is 4.06. The van der Waals surface area contributed by atoms with Crippen LogP contribution >= 0.6 is 0 Å². The first-order valence-electron chi connectivity index (χ1n) is 9.51. The lowest BCUT2D eigenvalue weighted by Gasteiger charge is -2.39. The highest BCUT2D eigenvalue weighted by Crippen LogP contribution is 2.27. The van der Waals surface area contributed by atoms with Gasteiger partial charge < -0.3 is 34.2 Å². The first-order valence-corrected chi connectivity index (χ1v) is 9.51. The Bertz CT molecular complexity index is 645. The average molecular weight is 431 g/mol. The predicted molar refractivity (Wildman–Crippen MR) is 102 cm³/mol. The maximum atomic E-state index is 12.4. The van der Waals surface area contributed by atoms with E-state index in [1.165, 1.54) is 0 Å². The summed E-state index contributed by atoms with van der Waals surface area (Å²) in [6.45, 7) is 3.73. The molecule has 1 amide bonds. The number of ether oxygens (including phenoxy) is 4. The van der Waals surface area contributed by atoms with Gasteiger partial charge in [0.05, 0.1) is 39.6 Å². The lowest BCUT2D eigenvalue weighted by Crippen LogP contribution is -2.57. The van der Waals surface area contributed by atoms with Crippen LogP contribution in [0.3, 0.4) is 0 Å². The van der Waals surface area contributed by atoms with Crippen molar-refractivity contribution in [3.8, 4) is 0 Å². The molecule has 0 aliphatic carbocycles. The van der Waals surface area contributed by atoms with Crippen molar-refractivity contribution >= 4 is 23.9 Å². The number of aliphatic hydroxyl groups is 1. The van der Waals surface area contributed by atoms with Crippen molar-refractivity contribution in [1.82, 2.24) is 10.4 Å². The molecule has 1 aliphatic rings. The van der Waals surface area contributed by atoms with Crippen LogP contribution in [0.2, 0.25) is 0 Å². The highest BCUT2D eigenvalue weighted by molar-refractivity contribution is 5.99. The topological polar surface area (TPSA) is 157 Å². The van der Waals surface area contributed by atoms with Crippen LogP contribution in [0.15, 0.2) is 11.8 Å². The summed E-state index contributed by atoms with van der Waals surface area (Å²) in [5.41, 5.74) is -1.29. The Morgan fingerprint density at radius 1 is 1.17 bits per heavy atom. The molecule has 12 heteroatoms. The van der Waals surface area contributed by atoms with Gasteiger partial charge >= 0.3 is 18.0 Å². The maximum absolute atomic E-state index is 12.4. The minimum atomic E-state index is -1.29. The number of carbonyl (C=O) groups is 3. The number of amides is 1. The van der Waals surface area contributed by atoms with E-state index in [9.17, 15) is 14.4 Å². The number of nitrogens with one attached hydrogen (secondary N) is 2. The second kappa shape index (κ2) is 12.8. The molecule has 1 aliphatic heterocycles. The molecule has 0 radical (unpaired) electrons. The normalized spacial score (nSPS) is 15.7. The number of hydroxylamine groups is 2. The number of aliphatic hydroxyl groups excluding tert-OH is 1. The first kappa shape index (κ1) is 25.3. The van der Waals surface area contributed by atoms with Crippen LogP contribution in [-0.4, -0.2) is 86.3 Å². The summed E-state index contributed by atoms with van der Waals surface area (Å²) in [7, 11) is 1.06. The van der Waals surface area contributed by atoms with Crippen molar-refractivity contribution in [2.45, 2.75) is 32.3 Å². The molecule has 1 fully saturated rings. The van der Waals surface area contributed by atoms with Gasteiger partial charge in [0.1, 0.15) is 5.60 Å². The molecular formula is C18H29N3O9. The highest BCUT2D eigenvalue weighted by Gasteiger charge is 2.44. The summed E-state index contributed by atoms with van der Waals surface area (Å²) in [5, 5.41) is 21.2. The van der Waals surface area contributed by atoms with Crippen molar-refractivity contribution < 1.29 is 43.3 Å². The molecule has 3 N–H and O–H groups in total. The third-order valence-electron chi connectivity index (χ3n) is 4.06. The minimum Gasteiger partial charge on any atom is -0.463 e. The highest BCUT2D eigenvalue weighted by atomic mass is 16.7. The Hall–Kier alpha value is -2.70. The number of nitrogens with zero attached hydrogens (tertiary/aromatic N) is 1. The SMILES string of the molecule is CCOC(=O)C=C(ON(C(=N)C1(OCCO)CCNCC1)C(=O)OC)C(=O)OCC. The fourth-order valence-electron chi connectivity index (χ4n) is 2.68. The molecule has 0 unspecified atom stereocenters. The minimum absolute atomic E-state index is 0.0206. The van der Waals surface area contributed by atoms with Gasteiger partial charge in [0.25, 0.3) is 0 Å². The predicted octanol–water partition coefficient (Wildman–Crippen LogP) is 0.105. The molecular weight excluding hydrogens is 402 g/mol. The number of rotatable bonds is 10. The zero-order valence-corrected chi connectivity index (χ0v) is 17.4. The van der Waals surface area contributed by atoms with Crippen molar-refractivity contribution in [3.05, 3.63) is 11.8 Å². The van der Waals surface area contributed by atoms with Crippen LogP contribution in [-0.2, 0) is 33.4 Å². The van der Waals surface area contributed by atoms with E-state index in [4.69, 9.17) is 29.6 Å². The second-order valence-corrected chi connectivity index (χ2v) is 6.00. The van der Waals surface area contributed by atoms with E-state index in [0.717, 1.165) is 7.11 Å². The number of hydrogen-bond donors (Lipinski definition) is 3. The number of methoxy groups -OCH3 is 1. The number of piperidine rings is 1. The Morgan fingerprint density at radius 2 is 1.80 bits per heavy atom. The Morgan fingerprint density at radius 3 is 2.33 bits per heavy atom. The van der Waals surface area contributed by atoms with Gasteiger partial charge in [-0.25, -0.2) is 14.4 Å². The first-order chi connectivity index (χ1) is 14.3. The monoisotopic (exact) mass is 431 g/mol. The van der Waals surface area contributed by atoms with Crippen molar-refractivity contribution in [3.63, 3.8) is 0 Å². The van der Waals surface area contributed by atoms with Crippen LogP contribution < -0.4 is 5.32 Å². The Kier molecular flexibility index (Phi) is 10.8. The Labute approximate surface area is 174 Å². The van der Waals surface area contributed by atoms with Gasteiger partial charge in [-0.2, -0.15) is 0 Å². The van der Waals surface area contributed by atoms with Gasteiger partial charge in [-0.15, -0.1) is 0 Å². The van der Waals surface area contributed by atoms with Gasteiger partial charge in [0.15, 0.2) is 5.84 Å². The molecule has 0 aromatic rings. The van der Waals surface area contributed by atoms with Crippen molar-refractivity contribution in [2.75, 3.05) is 46.6 Å². The van der Waals surface area contributed by atoms with Crippen molar-refractivity contribution in [1.29, 1.82) is 5.41 Å². The zero-order chi connectivity index (χ0) is 22.6. The fourth-order valence-corrected chi connectivity index (χ4v) is 2.68. The smallest absolute Gasteiger partial charge is 0.449 e. The average Bonchev–Trinajstić information content (AvgIpc) is 2.75. The van der Waals surface area contributed by atoms with E-state index in [1.54, 1.807) is 13.8 Å². The summed E-state index contributed by atoms with van der Waals surface area (Å²) in [5.74, 6) is -3.06. The van der Waals surface area contributed by atoms with Crippen LogP contribution in [0.1, 0.15) is 26.7 Å². The number of hydrogen-bond acceptors (Lipinski definition) is 11. The van der Waals surface area contributed by atoms with Gasteiger partial charge in [0.2, 0.25) is 5.76 Å². The number of amidine groups is 1. The third kappa shape index (κ3) is 6.97. The van der Waals surface area contributed by atoms with E-state index >= 15 is 0 Å². The number of carbonyl (C=O) groups excluding carboxylic acids is 3. The summed E-state index contributed by atoms with van der Waals surface area (Å²) < 4.78 is 20.0. The van der Waals surface area contributed by atoms with Gasteiger partial charge in [-0.1, -0.05) is 5.06 Å². The molecule has 0 bridgehead atoms. The summed E-state index contributed by atoms with van der Waals surface area (Å²) in [4.78, 5) is 41.7. The molecule has 12 nitrogen and oxygen atoms in total. The van der Waals surface area contributed by atoms with Crippen LogP contribution in [0.4, 0.5) is 4.79 Å². The van der Waals surface area contributed by atoms with Gasteiger partial charge in [0, 0.05) is 0 Å². The molecule has 0 aromatic heterocycles. The zero-order valence-electron chi connectivity index (χ0n) is 17.4. The lowest BCUT2D eigenvalue weighted by atomic mass is 9.90. The number of esters is 2. The van der Waals surface area contributed by atoms with Crippen molar-refractivity contribution in [2.24, 2.45) is 0 Å².